The maximum atomic E-state index is 12.8. The first-order valence-corrected chi connectivity index (χ1v) is 8.71. The van der Waals surface area contributed by atoms with Crippen molar-refractivity contribution in [1.29, 1.82) is 0 Å². The largest absolute Gasteiger partial charge is 0.416 e. The molecule has 1 aliphatic rings. The van der Waals surface area contributed by atoms with Crippen LogP contribution in [0.25, 0.3) is 22.2 Å². The van der Waals surface area contributed by atoms with Gasteiger partial charge >= 0.3 is 6.18 Å². The number of nitrogens with one attached hydrogen (secondary N) is 1. The zero-order valence-corrected chi connectivity index (χ0v) is 14.6. The first-order valence-electron chi connectivity index (χ1n) is 8.71. The minimum Gasteiger partial charge on any atom is -0.391 e. The predicted molar refractivity (Wildman–Crippen MR) is 96.6 cm³/mol. The molecule has 0 unspecified atom stereocenters. The molecule has 28 heavy (non-hydrogen) atoms. The Morgan fingerprint density at radius 1 is 1.00 bits per heavy atom. The number of halogens is 3. The van der Waals surface area contributed by atoms with E-state index in [2.05, 4.69) is 20.3 Å². The van der Waals surface area contributed by atoms with Gasteiger partial charge in [-0.05, 0) is 24.1 Å². The molecule has 146 valence electrons. The monoisotopic (exact) mass is 390 g/mol. The SMILES string of the molecule is O[C@H]1COC[C@@H](Nc2ncc(-c3ccc(C(F)(F)F)cc3)c3nccnc23)C1. The third-order valence-corrected chi connectivity index (χ3v) is 4.55. The summed E-state index contributed by atoms with van der Waals surface area (Å²) in [6.45, 7) is 0.736. The molecule has 1 fully saturated rings. The van der Waals surface area contributed by atoms with Gasteiger partial charge in [-0.3, -0.25) is 4.98 Å². The van der Waals surface area contributed by atoms with Crippen molar-refractivity contribution in [2.24, 2.45) is 0 Å². The fraction of sp³-hybridized carbons (Fsp3) is 0.316. The lowest BCUT2D eigenvalue weighted by molar-refractivity contribution is -0.137. The topological polar surface area (TPSA) is 80.2 Å². The van der Waals surface area contributed by atoms with Crippen LogP contribution in [0.3, 0.4) is 0 Å². The van der Waals surface area contributed by atoms with Gasteiger partial charge < -0.3 is 15.2 Å². The fourth-order valence-corrected chi connectivity index (χ4v) is 3.22. The van der Waals surface area contributed by atoms with E-state index in [9.17, 15) is 18.3 Å². The van der Waals surface area contributed by atoms with E-state index in [4.69, 9.17) is 4.74 Å². The predicted octanol–water partition coefficient (Wildman–Crippen LogP) is 3.27. The highest BCUT2D eigenvalue weighted by Crippen LogP contribution is 2.33. The van der Waals surface area contributed by atoms with E-state index >= 15 is 0 Å². The molecule has 0 saturated carbocycles. The van der Waals surface area contributed by atoms with Crippen molar-refractivity contribution >= 4 is 16.9 Å². The van der Waals surface area contributed by atoms with Gasteiger partial charge in [-0.25, -0.2) is 9.97 Å². The van der Waals surface area contributed by atoms with E-state index in [0.29, 0.717) is 47.6 Å². The molecule has 0 radical (unpaired) electrons. The van der Waals surface area contributed by atoms with Gasteiger partial charge in [-0.2, -0.15) is 13.2 Å². The molecule has 6 nitrogen and oxygen atoms in total. The summed E-state index contributed by atoms with van der Waals surface area (Å²) in [6, 6.07) is 4.73. The van der Waals surface area contributed by atoms with Crippen molar-refractivity contribution in [2.75, 3.05) is 18.5 Å². The molecule has 0 spiro atoms. The number of benzene rings is 1. The Bertz CT molecular complexity index is 979. The minimum absolute atomic E-state index is 0.127. The number of ether oxygens (including phenoxy) is 1. The summed E-state index contributed by atoms with van der Waals surface area (Å²) >= 11 is 0. The summed E-state index contributed by atoms with van der Waals surface area (Å²) in [7, 11) is 0. The Morgan fingerprint density at radius 2 is 1.71 bits per heavy atom. The second kappa shape index (κ2) is 7.33. The van der Waals surface area contributed by atoms with Crippen molar-refractivity contribution in [3.63, 3.8) is 0 Å². The summed E-state index contributed by atoms with van der Waals surface area (Å²) in [5.74, 6) is 0.487. The molecule has 3 heterocycles. The smallest absolute Gasteiger partial charge is 0.391 e. The molecule has 2 atom stereocenters. The van der Waals surface area contributed by atoms with Crippen LogP contribution in [-0.4, -0.2) is 45.4 Å². The quantitative estimate of drug-likeness (QED) is 0.715. The number of fused-ring (bicyclic) bond motifs is 1. The number of aliphatic hydroxyl groups excluding tert-OH is 1. The maximum absolute atomic E-state index is 12.8. The Labute approximate surface area is 158 Å². The normalized spacial score (nSPS) is 20.3. The zero-order valence-electron chi connectivity index (χ0n) is 14.6. The van der Waals surface area contributed by atoms with Crippen LogP contribution in [0.2, 0.25) is 0 Å². The van der Waals surface area contributed by atoms with E-state index in [1.54, 1.807) is 6.20 Å². The highest BCUT2D eigenvalue weighted by atomic mass is 19.4. The number of aromatic nitrogens is 3. The van der Waals surface area contributed by atoms with Gasteiger partial charge in [0.05, 0.1) is 30.9 Å². The minimum atomic E-state index is -4.39. The summed E-state index contributed by atoms with van der Waals surface area (Å²) in [6.07, 6.45) is 0.186. The summed E-state index contributed by atoms with van der Waals surface area (Å²) in [5.41, 5.74) is 1.46. The number of aliphatic hydroxyl groups is 1. The first kappa shape index (κ1) is 18.6. The average Bonchev–Trinajstić information content (AvgIpc) is 2.68. The summed E-state index contributed by atoms with van der Waals surface area (Å²) in [4.78, 5) is 13.1. The molecule has 0 aliphatic carbocycles. The Morgan fingerprint density at radius 3 is 2.39 bits per heavy atom. The molecule has 1 aliphatic heterocycles. The van der Waals surface area contributed by atoms with Gasteiger partial charge in [-0.15, -0.1) is 0 Å². The van der Waals surface area contributed by atoms with Crippen LogP contribution in [-0.2, 0) is 10.9 Å². The zero-order chi connectivity index (χ0) is 19.7. The molecule has 9 heteroatoms. The second-order valence-electron chi connectivity index (χ2n) is 6.62. The number of anilines is 1. The van der Waals surface area contributed by atoms with Crippen LogP contribution < -0.4 is 5.32 Å². The van der Waals surface area contributed by atoms with Crippen LogP contribution >= 0.6 is 0 Å². The highest BCUT2D eigenvalue weighted by Gasteiger charge is 2.30. The van der Waals surface area contributed by atoms with E-state index in [1.165, 1.54) is 24.5 Å². The van der Waals surface area contributed by atoms with Gasteiger partial charge in [0.25, 0.3) is 0 Å². The lowest BCUT2D eigenvalue weighted by atomic mass is 10.0. The number of hydrogen-bond donors (Lipinski definition) is 2. The standard InChI is InChI=1S/C19H17F3N4O2/c20-19(21,22)12-3-1-11(2-4-12)15-8-25-18(17-16(15)23-5-6-24-17)26-13-7-14(27)10-28-9-13/h1-6,8,13-14,27H,7,9-10H2,(H,25,26)/t13-,14+/m0/s1. The van der Waals surface area contributed by atoms with Crippen LogP contribution in [0.4, 0.5) is 19.0 Å². The van der Waals surface area contributed by atoms with Crippen LogP contribution in [0.1, 0.15) is 12.0 Å². The van der Waals surface area contributed by atoms with Crippen molar-refractivity contribution in [3.05, 3.63) is 48.4 Å². The third-order valence-electron chi connectivity index (χ3n) is 4.55. The van der Waals surface area contributed by atoms with Gasteiger partial charge in [0, 0.05) is 24.2 Å². The Balaban J connectivity index is 1.69. The Kier molecular flexibility index (Phi) is 4.86. The van der Waals surface area contributed by atoms with Crippen molar-refractivity contribution in [1.82, 2.24) is 15.0 Å². The second-order valence-corrected chi connectivity index (χ2v) is 6.62. The number of rotatable bonds is 3. The molecule has 3 aromatic rings. The van der Waals surface area contributed by atoms with Crippen LogP contribution in [0.15, 0.2) is 42.9 Å². The van der Waals surface area contributed by atoms with Crippen molar-refractivity contribution in [3.8, 4) is 11.1 Å². The van der Waals surface area contributed by atoms with Gasteiger partial charge in [-0.1, -0.05) is 12.1 Å². The van der Waals surface area contributed by atoms with E-state index in [1.807, 2.05) is 0 Å². The lowest BCUT2D eigenvalue weighted by Gasteiger charge is -2.27. The maximum Gasteiger partial charge on any atom is 0.416 e. The molecule has 1 saturated heterocycles. The summed E-state index contributed by atoms with van der Waals surface area (Å²) in [5, 5.41) is 13.0. The first-order chi connectivity index (χ1) is 13.4. The fourth-order valence-electron chi connectivity index (χ4n) is 3.22. The van der Waals surface area contributed by atoms with Crippen molar-refractivity contribution in [2.45, 2.75) is 24.7 Å². The van der Waals surface area contributed by atoms with E-state index in [-0.39, 0.29) is 6.04 Å². The Hall–Kier alpha value is -2.78. The molecule has 4 rings (SSSR count). The molecule has 1 aromatic carbocycles. The summed E-state index contributed by atoms with van der Waals surface area (Å²) < 4.78 is 43.8. The third kappa shape index (κ3) is 3.76. The number of hydrogen-bond acceptors (Lipinski definition) is 6. The van der Waals surface area contributed by atoms with Gasteiger partial charge in [0.2, 0.25) is 0 Å². The molecule has 2 aromatic heterocycles. The number of pyridine rings is 1. The van der Waals surface area contributed by atoms with Gasteiger partial charge in [0.1, 0.15) is 11.0 Å². The molecular weight excluding hydrogens is 373 g/mol. The van der Waals surface area contributed by atoms with E-state index < -0.39 is 17.8 Å². The highest BCUT2D eigenvalue weighted by molar-refractivity contribution is 5.96. The van der Waals surface area contributed by atoms with Crippen molar-refractivity contribution < 1.29 is 23.0 Å². The molecular formula is C19H17F3N4O2. The van der Waals surface area contributed by atoms with Crippen LogP contribution in [0, 0.1) is 0 Å². The molecule has 0 bridgehead atoms. The van der Waals surface area contributed by atoms with Crippen LogP contribution in [0.5, 0.6) is 0 Å². The number of nitrogens with zero attached hydrogens (tertiary/aromatic N) is 3. The molecule has 2 N–H and O–H groups in total. The van der Waals surface area contributed by atoms with E-state index in [0.717, 1.165) is 12.1 Å². The number of alkyl halides is 3. The average molecular weight is 390 g/mol. The van der Waals surface area contributed by atoms with Gasteiger partial charge in [0.15, 0.2) is 5.82 Å². The lowest BCUT2D eigenvalue weighted by Crippen LogP contribution is -2.38. The molecule has 0 amide bonds.